The van der Waals surface area contributed by atoms with E-state index in [-0.39, 0.29) is 99.5 Å². The minimum Gasteiger partial charge on any atom is -0.478 e. The first kappa shape index (κ1) is 42.3. The summed E-state index contributed by atoms with van der Waals surface area (Å²) in [5.41, 5.74) is -1.37. The van der Waals surface area contributed by atoms with Gasteiger partial charge in [-0.3, -0.25) is 0 Å². The molecule has 4 amide bonds. The number of urea groups is 1. The van der Waals surface area contributed by atoms with Crippen LogP contribution in [0, 0.1) is 5.82 Å². The molecule has 8 rings (SSSR count). The molecule has 0 spiro atoms. The van der Waals surface area contributed by atoms with Crippen LogP contribution in [-0.2, 0) is 6.18 Å². The number of ether oxygens (including phenoxy) is 4. The highest BCUT2D eigenvalue weighted by Crippen LogP contribution is 2.41. The van der Waals surface area contributed by atoms with Crippen LogP contribution in [0.2, 0.25) is 10.4 Å². The number of furan rings is 2. The molecule has 0 atom stereocenters. The van der Waals surface area contributed by atoms with Gasteiger partial charge in [0.05, 0.1) is 25.5 Å². The number of aromatic nitrogens is 4. The number of para-hydroxylation sites is 3. The second-order valence-corrected chi connectivity index (χ2v) is 14.0. The molecule has 5 heterocycles. The van der Waals surface area contributed by atoms with Gasteiger partial charge in [-0.2, -0.15) is 28.0 Å². The van der Waals surface area contributed by atoms with Gasteiger partial charge < -0.3 is 37.6 Å². The van der Waals surface area contributed by atoms with E-state index in [9.17, 15) is 31.9 Å². The Balaban J connectivity index is 1.18. The molecule has 7 aromatic rings. The highest BCUT2D eigenvalue weighted by atomic mass is 35.5. The Kier molecular flexibility index (Phi) is 11.5. The van der Waals surface area contributed by atoms with E-state index in [2.05, 4.69) is 19.9 Å². The number of piperazine rings is 1. The maximum absolute atomic E-state index is 14.9. The normalized spacial score (nSPS) is 13.0. The second kappa shape index (κ2) is 17.2. The van der Waals surface area contributed by atoms with Crippen LogP contribution in [0.3, 0.4) is 0 Å². The molecule has 0 saturated carbocycles. The van der Waals surface area contributed by atoms with Crippen LogP contribution in [0.5, 0.6) is 23.3 Å². The fourth-order valence-corrected chi connectivity index (χ4v) is 6.81. The van der Waals surface area contributed by atoms with Gasteiger partial charge in [-0.05, 0) is 65.7 Å². The van der Waals surface area contributed by atoms with Crippen LogP contribution < -0.4 is 33.6 Å². The summed E-state index contributed by atoms with van der Waals surface area (Å²) >= 11 is 12.2. The third kappa shape index (κ3) is 8.73. The number of amides is 4. The standard InChI is InChI=1S/C40H28Cl2F4N8O9/c1-58-35-31(47-25-19-29(41)62-33(25)49-35)53(37(55)52-14-12-51(13-15-52)23-17-21(40(44,45)46)16-22(43)18-23)27-10-6-7-11-28(27)61-39(57)54(38(56)60-24-8-4-3-5-9-24)32-36(59-2)50-34-26(48-32)20-30(42)63-34/h3-11,16-20H,12-15H2,1-2H3. The molecule has 0 unspecified atom stereocenters. The Bertz CT molecular complexity index is 2880. The van der Waals surface area contributed by atoms with Gasteiger partial charge in [0.2, 0.25) is 23.1 Å². The number of benzene rings is 3. The van der Waals surface area contributed by atoms with Crippen molar-refractivity contribution in [1.82, 2.24) is 24.8 Å². The van der Waals surface area contributed by atoms with Crippen LogP contribution in [0.1, 0.15) is 5.56 Å². The third-order valence-electron chi connectivity index (χ3n) is 9.31. The van der Waals surface area contributed by atoms with Crippen LogP contribution in [0.15, 0.2) is 93.8 Å². The number of halogens is 6. The number of rotatable bonds is 8. The SMILES string of the molecule is COc1nc2oc(Cl)cc2nc1N(C(=O)Oc1ccccc1)C(=O)Oc1ccccc1N(C(=O)N1CCN(c2cc(F)cc(C(F)(F)F)c2)CC1)c1nc2cc(Cl)oc2nc1OC. The zero-order chi connectivity index (χ0) is 44.6. The van der Waals surface area contributed by atoms with Gasteiger partial charge >= 0.3 is 24.4 Å². The lowest BCUT2D eigenvalue weighted by atomic mass is 10.1. The van der Waals surface area contributed by atoms with Crippen molar-refractivity contribution in [2.75, 3.05) is 55.1 Å². The van der Waals surface area contributed by atoms with Crippen LogP contribution >= 0.6 is 23.2 Å². The van der Waals surface area contributed by atoms with Gasteiger partial charge in [-0.25, -0.2) is 33.6 Å². The average Bonchev–Trinajstić information content (AvgIpc) is 3.82. The zero-order valence-electron chi connectivity index (χ0n) is 32.4. The highest BCUT2D eigenvalue weighted by molar-refractivity contribution is 6.30. The molecule has 0 N–H and O–H groups in total. The number of alkyl halides is 3. The first-order valence-corrected chi connectivity index (χ1v) is 19.1. The fourth-order valence-electron chi connectivity index (χ4n) is 6.46. The van der Waals surface area contributed by atoms with E-state index >= 15 is 0 Å². The Morgan fingerprint density at radius 1 is 0.714 bits per heavy atom. The maximum atomic E-state index is 14.9. The van der Waals surface area contributed by atoms with E-state index < -0.39 is 41.6 Å². The molecule has 0 bridgehead atoms. The maximum Gasteiger partial charge on any atom is 0.431 e. The van der Waals surface area contributed by atoms with Crippen molar-refractivity contribution < 1.29 is 59.7 Å². The number of anilines is 4. The van der Waals surface area contributed by atoms with Gasteiger partial charge in [0.25, 0.3) is 11.8 Å². The number of carbonyl (C=O) groups excluding carboxylic acids is 3. The number of hydrogen-bond donors (Lipinski definition) is 0. The summed E-state index contributed by atoms with van der Waals surface area (Å²) in [6, 6.07) is 17.5. The molecule has 324 valence electrons. The lowest BCUT2D eigenvalue weighted by Gasteiger charge is -2.38. The van der Waals surface area contributed by atoms with Crippen molar-refractivity contribution in [3.05, 3.63) is 107 Å². The highest BCUT2D eigenvalue weighted by Gasteiger charge is 2.38. The summed E-state index contributed by atoms with van der Waals surface area (Å²) in [5.74, 6) is -2.74. The van der Waals surface area contributed by atoms with E-state index in [0.29, 0.717) is 11.0 Å². The molecule has 0 aliphatic carbocycles. The minimum absolute atomic E-state index is 0.0241. The van der Waals surface area contributed by atoms with Crippen LogP contribution in [0.25, 0.3) is 22.5 Å². The molecule has 3 aromatic carbocycles. The third-order valence-corrected chi connectivity index (χ3v) is 9.68. The number of imide groups is 1. The van der Waals surface area contributed by atoms with Gasteiger partial charge in [-0.15, -0.1) is 0 Å². The van der Waals surface area contributed by atoms with Crippen LogP contribution in [0.4, 0.5) is 55.0 Å². The minimum atomic E-state index is -4.80. The molecule has 1 saturated heterocycles. The Labute approximate surface area is 361 Å². The molecule has 1 fully saturated rings. The summed E-state index contributed by atoms with van der Waals surface area (Å²) in [4.78, 5) is 65.0. The summed E-state index contributed by atoms with van der Waals surface area (Å²) in [6.45, 7) is -0.237. The molecule has 17 nitrogen and oxygen atoms in total. The molecule has 63 heavy (non-hydrogen) atoms. The van der Waals surface area contributed by atoms with E-state index in [1.54, 1.807) is 18.2 Å². The second-order valence-electron chi connectivity index (χ2n) is 13.2. The molecule has 23 heteroatoms. The van der Waals surface area contributed by atoms with E-state index in [0.717, 1.165) is 17.0 Å². The molecule has 1 aliphatic heterocycles. The monoisotopic (exact) mass is 910 g/mol. The first-order chi connectivity index (χ1) is 30.2. The van der Waals surface area contributed by atoms with Crippen molar-refractivity contribution in [1.29, 1.82) is 0 Å². The first-order valence-electron chi connectivity index (χ1n) is 18.3. The number of methoxy groups -OCH3 is 2. The quantitative estimate of drug-likeness (QED) is 0.132. The molecule has 4 aromatic heterocycles. The van der Waals surface area contributed by atoms with E-state index in [4.69, 9.17) is 51.0 Å². The number of nitrogens with zero attached hydrogens (tertiary/aromatic N) is 8. The van der Waals surface area contributed by atoms with Gasteiger partial charge in [0.15, 0.2) is 16.2 Å². The number of fused-ring (bicyclic) bond motifs is 2. The van der Waals surface area contributed by atoms with Gasteiger partial charge in [-0.1, -0.05) is 30.3 Å². The lowest BCUT2D eigenvalue weighted by Crippen LogP contribution is -2.52. The van der Waals surface area contributed by atoms with E-state index in [1.807, 2.05) is 0 Å². The number of hydrogen-bond acceptors (Lipinski definition) is 14. The Morgan fingerprint density at radius 3 is 1.90 bits per heavy atom. The summed E-state index contributed by atoms with van der Waals surface area (Å²) in [5, 5.41) is -0.195. The Hall–Kier alpha value is -7.39. The summed E-state index contributed by atoms with van der Waals surface area (Å²) in [7, 11) is 2.45. The van der Waals surface area contributed by atoms with E-state index in [1.165, 1.54) is 72.6 Å². The Morgan fingerprint density at radius 2 is 1.29 bits per heavy atom. The number of carbonyl (C=O) groups is 3. The van der Waals surface area contributed by atoms with Crippen molar-refractivity contribution in [3.63, 3.8) is 0 Å². The predicted molar refractivity (Wildman–Crippen MR) is 217 cm³/mol. The zero-order valence-corrected chi connectivity index (χ0v) is 33.9. The molecule has 0 radical (unpaired) electrons. The molecular formula is C40H28Cl2F4N8O9. The largest absolute Gasteiger partial charge is 0.478 e. The smallest absolute Gasteiger partial charge is 0.431 e. The van der Waals surface area contributed by atoms with Crippen molar-refractivity contribution in [2.45, 2.75) is 6.18 Å². The average molecular weight is 912 g/mol. The van der Waals surface area contributed by atoms with Gasteiger partial charge in [0, 0.05) is 44.0 Å². The summed E-state index contributed by atoms with van der Waals surface area (Å²) in [6.07, 6.45) is -7.53. The summed E-state index contributed by atoms with van der Waals surface area (Å²) < 4.78 is 88.2. The van der Waals surface area contributed by atoms with Crippen molar-refractivity contribution in [3.8, 4) is 23.3 Å². The molecule has 1 aliphatic rings. The molecular weight excluding hydrogens is 883 g/mol. The lowest BCUT2D eigenvalue weighted by molar-refractivity contribution is -0.137. The topological polar surface area (TPSA) is 179 Å². The van der Waals surface area contributed by atoms with Crippen molar-refractivity contribution in [2.24, 2.45) is 0 Å². The van der Waals surface area contributed by atoms with Crippen molar-refractivity contribution >= 4 is 86.9 Å². The predicted octanol–water partition coefficient (Wildman–Crippen LogP) is 9.53. The van der Waals surface area contributed by atoms with Crippen LogP contribution in [-0.4, -0.2) is 83.5 Å². The fraction of sp³-hybridized carbons (Fsp3) is 0.175. The van der Waals surface area contributed by atoms with Gasteiger partial charge in [0.1, 0.15) is 22.6 Å².